The maximum absolute atomic E-state index is 11.4. The third-order valence-electron chi connectivity index (χ3n) is 3.12. The molecule has 4 heteroatoms. The van der Waals surface area contributed by atoms with Gasteiger partial charge in [0.15, 0.2) is 0 Å². The molecule has 0 aliphatic heterocycles. The summed E-state index contributed by atoms with van der Waals surface area (Å²) < 4.78 is 11.5. The molecule has 110 valence electrons. The molecule has 0 radical (unpaired) electrons. The molecule has 0 atom stereocenters. The average Bonchev–Trinajstić information content (AvgIpc) is 2.51. The fraction of sp³-hybridized carbons (Fsp3) is 0.235. The van der Waals surface area contributed by atoms with E-state index < -0.39 is 0 Å². The molecule has 2 aromatic carbocycles. The van der Waals surface area contributed by atoms with E-state index in [0.717, 1.165) is 21.2 Å². The molecule has 2 aromatic rings. The van der Waals surface area contributed by atoms with Crippen molar-refractivity contribution in [2.24, 2.45) is 0 Å². The molecule has 2 rings (SSSR count). The van der Waals surface area contributed by atoms with Crippen molar-refractivity contribution in [1.29, 1.82) is 0 Å². The topological polar surface area (TPSA) is 35.5 Å². The van der Waals surface area contributed by atoms with E-state index in [1.54, 1.807) is 0 Å². The van der Waals surface area contributed by atoms with E-state index in [9.17, 15) is 4.79 Å². The summed E-state index contributed by atoms with van der Waals surface area (Å²) in [6.45, 7) is 1.02. The average molecular weight is 349 g/mol. The second-order valence-corrected chi connectivity index (χ2v) is 5.56. The number of ether oxygens (including phenoxy) is 2. The summed E-state index contributed by atoms with van der Waals surface area (Å²) in [5.74, 6) is -0.240. The highest BCUT2D eigenvalue weighted by molar-refractivity contribution is 9.10. The molecule has 0 aliphatic carbocycles. The maximum atomic E-state index is 11.4. The van der Waals surface area contributed by atoms with Crippen LogP contribution in [0.2, 0.25) is 0 Å². The van der Waals surface area contributed by atoms with E-state index in [-0.39, 0.29) is 12.4 Å². The monoisotopic (exact) mass is 348 g/mol. The normalized spacial score (nSPS) is 10.4. The third-order valence-corrected chi connectivity index (χ3v) is 3.65. The molecule has 0 spiro atoms. The molecule has 3 nitrogen and oxygen atoms in total. The molecule has 0 saturated carbocycles. The lowest BCUT2D eigenvalue weighted by Crippen LogP contribution is -2.07. The first-order valence-corrected chi connectivity index (χ1v) is 7.44. The van der Waals surface area contributed by atoms with Gasteiger partial charge in [0.05, 0.1) is 26.7 Å². The number of halogens is 1. The number of methoxy groups -OCH3 is 1. The smallest absolute Gasteiger partial charge is 0.309 e. The van der Waals surface area contributed by atoms with Crippen molar-refractivity contribution < 1.29 is 14.3 Å². The van der Waals surface area contributed by atoms with Crippen LogP contribution in [0.4, 0.5) is 0 Å². The summed E-state index contributed by atoms with van der Waals surface area (Å²) in [6.07, 6.45) is 0.272. The second kappa shape index (κ2) is 7.96. The number of rotatable bonds is 6. The molecule has 0 N–H and O–H groups in total. The Morgan fingerprint density at radius 3 is 2.33 bits per heavy atom. The number of carbonyl (C=O) groups is 1. The molecule has 0 heterocycles. The van der Waals surface area contributed by atoms with Gasteiger partial charge in [0.1, 0.15) is 0 Å². The van der Waals surface area contributed by atoms with Crippen molar-refractivity contribution in [3.63, 3.8) is 0 Å². The Hall–Kier alpha value is -1.65. The number of hydrogen-bond acceptors (Lipinski definition) is 3. The van der Waals surface area contributed by atoms with Gasteiger partial charge in [0.25, 0.3) is 0 Å². The number of hydrogen-bond donors (Lipinski definition) is 0. The van der Waals surface area contributed by atoms with Crippen LogP contribution in [0.5, 0.6) is 0 Å². The SMILES string of the molecule is COC(=O)Cc1ccccc1COCc1ccc(Br)cc1. The molecule has 0 unspecified atom stereocenters. The molecule has 0 aromatic heterocycles. The van der Waals surface area contributed by atoms with Crippen molar-refractivity contribution in [3.05, 3.63) is 69.7 Å². The van der Waals surface area contributed by atoms with Crippen LogP contribution < -0.4 is 0 Å². The van der Waals surface area contributed by atoms with Gasteiger partial charge in [-0.05, 0) is 28.8 Å². The van der Waals surface area contributed by atoms with E-state index in [1.165, 1.54) is 7.11 Å². The first-order valence-electron chi connectivity index (χ1n) is 6.65. The molecule has 0 fully saturated rings. The van der Waals surface area contributed by atoms with Gasteiger partial charge in [-0.1, -0.05) is 52.3 Å². The van der Waals surface area contributed by atoms with E-state index in [0.29, 0.717) is 13.2 Å². The lowest BCUT2D eigenvalue weighted by molar-refractivity contribution is -0.139. The summed E-state index contributed by atoms with van der Waals surface area (Å²) in [6, 6.07) is 15.8. The van der Waals surface area contributed by atoms with E-state index >= 15 is 0 Å². The summed E-state index contributed by atoms with van der Waals surface area (Å²) in [7, 11) is 1.40. The van der Waals surface area contributed by atoms with Crippen LogP contribution in [0.25, 0.3) is 0 Å². The van der Waals surface area contributed by atoms with Gasteiger partial charge in [-0.3, -0.25) is 4.79 Å². The third kappa shape index (κ3) is 4.99. The summed E-state index contributed by atoms with van der Waals surface area (Å²) in [5.41, 5.74) is 3.07. The summed E-state index contributed by atoms with van der Waals surface area (Å²) in [5, 5.41) is 0. The number of esters is 1. The van der Waals surface area contributed by atoms with E-state index in [1.807, 2.05) is 48.5 Å². The Balaban J connectivity index is 1.93. The fourth-order valence-electron chi connectivity index (χ4n) is 1.96. The Bertz CT molecular complexity index is 593. The molecule has 0 saturated heterocycles. The predicted molar refractivity (Wildman–Crippen MR) is 84.8 cm³/mol. The van der Waals surface area contributed by atoms with Gasteiger partial charge in [0, 0.05) is 4.47 Å². The van der Waals surface area contributed by atoms with Crippen molar-refractivity contribution in [1.82, 2.24) is 0 Å². The Morgan fingerprint density at radius 2 is 1.67 bits per heavy atom. The van der Waals surface area contributed by atoms with Crippen molar-refractivity contribution in [3.8, 4) is 0 Å². The van der Waals surface area contributed by atoms with Crippen molar-refractivity contribution >= 4 is 21.9 Å². The zero-order chi connectivity index (χ0) is 15.1. The highest BCUT2D eigenvalue weighted by Crippen LogP contribution is 2.14. The van der Waals surface area contributed by atoms with Crippen LogP contribution in [0, 0.1) is 0 Å². The Kier molecular flexibility index (Phi) is 5.96. The zero-order valence-corrected chi connectivity index (χ0v) is 13.4. The van der Waals surface area contributed by atoms with Gasteiger partial charge in [-0.15, -0.1) is 0 Å². The largest absolute Gasteiger partial charge is 0.469 e. The molecule has 0 aliphatic rings. The van der Waals surface area contributed by atoms with E-state index in [2.05, 4.69) is 15.9 Å². The Labute approximate surface area is 133 Å². The molecular formula is C17H17BrO3. The van der Waals surface area contributed by atoms with Crippen LogP contribution in [0.15, 0.2) is 53.0 Å². The molecule has 21 heavy (non-hydrogen) atoms. The summed E-state index contributed by atoms with van der Waals surface area (Å²) in [4.78, 5) is 11.4. The molecule has 0 bridgehead atoms. The van der Waals surface area contributed by atoms with Gasteiger partial charge in [0.2, 0.25) is 0 Å². The van der Waals surface area contributed by atoms with Crippen molar-refractivity contribution in [2.45, 2.75) is 19.6 Å². The van der Waals surface area contributed by atoms with E-state index in [4.69, 9.17) is 9.47 Å². The maximum Gasteiger partial charge on any atom is 0.309 e. The van der Waals surface area contributed by atoms with Gasteiger partial charge >= 0.3 is 5.97 Å². The predicted octanol–water partition coefficient (Wildman–Crippen LogP) is 3.88. The van der Waals surface area contributed by atoms with Crippen LogP contribution in [-0.2, 0) is 33.9 Å². The lowest BCUT2D eigenvalue weighted by atomic mass is 10.1. The standard InChI is InChI=1S/C17H17BrO3/c1-20-17(19)10-14-4-2-3-5-15(14)12-21-11-13-6-8-16(18)9-7-13/h2-9H,10-12H2,1H3. The highest BCUT2D eigenvalue weighted by atomic mass is 79.9. The fourth-order valence-corrected chi connectivity index (χ4v) is 2.22. The first-order chi connectivity index (χ1) is 10.2. The second-order valence-electron chi connectivity index (χ2n) is 4.64. The minimum absolute atomic E-state index is 0.240. The van der Waals surface area contributed by atoms with Crippen LogP contribution in [0.1, 0.15) is 16.7 Å². The molecular weight excluding hydrogens is 332 g/mol. The minimum Gasteiger partial charge on any atom is -0.469 e. The van der Waals surface area contributed by atoms with Gasteiger partial charge in [-0.2, -0.15) is 0 Å². The van der Waals surface area contributed by atoms with Crippen molar-refractivity contribution in [2.75, 3.05) is 7.11 Å². The van der Waals surface area contributed by atoms with Gasteiger partial charge < -0.3 is 9.47 Å². The Morgan fingerprint density at radius 1 is 1.00 bits per heavy atom. The lowest BCUT2D eigenvalue weighted by Gasteiger charge is -2.09. The van der Waals surface area contributed by atoms with Crippen LogP contribution >= 0.6 is 15.9 Å². The molecule has 0 amide bonds. The van der Waals surface area contributed by atoms with Crippen LogP contribution in [-0.4, -0.2) is 13.1 Å². The van der Waals surface area contributed by atoms with Gasteiger partial charge in [-0.25, -0.2) is 0 Å². The number of benzene rings is 2. The zero-order valence-electron chi connectivity index (χ0n) is 11.8. The summed E-state index contributed by atoms with van der Waals surface area (Å²) >= 11 is 3.40. The number of carbonyl (C=O) groups excluding carboxylic acids is 1. The van der Waals surface area contributed by atoms with Crippen LogP contribution in [0.3, 0.4) is 0 Å². The highest BCUT2D eigenvalue weighted by Gasteiger charge is 2.07. The minimum atomic E-state index is -0.240. The first kappa shape index (κ1) is 15.7. The quantitative estimate of drug-likeness (QED) is 0.743.